The molecule has 1 unspecified atom stereocenters. The van der Waals surface area contributed by atoms with Crippen molar-refractivity contribution in [2.75, 3.05) is 11.4 Å². The summed E-state index contributed by atoms with van der Waals surface area (Å²) in [5.41, 5.74) is 1.83. The first kappa shape index (κ1) is 24.1. The number of aromatic nitrogens is 4. The largest absolute Gasteiger partial charge is 0.390 e. The highest BCUT2D eigenvalue weighted by atomic mass is 35.5. The van der Waals surface area contributed by atoms with Crippen molar-refractivity contribution in [2.24, 2.45) is 0 Å². The Hall–Kier alpha value is -2.59. The number of rotatable bonds is 9. The van der Waals surface area contributed by atoms with Crippen molar-refractivity contribution in [3.8, 4) is 5.69 Å². The lowest BCUT2D eigenvalue weighted by Crippen LogP contribution is -2.33. The normalized spacial score (nSPS) is 12.5. The minimum atomic E-state index is -4.38. The monoisotopic (exact) mass is 483 g/mol. The Morgan fingerprint density at radius 2 is 1.97 bits per heavy atom. The van der Waals surface area contributed by atoms with Gasteiger partial charge in [0, 0.05) is 42.6 Å². The number of hydrogen-bond acceptors (Lipinski definition) is 5. The molecule has 3 rings (SSSR count). The van der Waals surface area contributed by atoms with Gasteiger partial charge in [-0.15, -0.1) is 0 Å². The van der Waals surface area contributed by atoms with E-state index in [9.17, 15) is 18.0 Å². The molecule has 0 radical (unpaired) electrons. The van der Waals surface area contributed by atoms with E-state index in [4.69, 9.17) is 11.6 Å². The molecule has 0 saturated carbocycles. The maximum Gasteiger partial charge on any atom is 0.390 e. The van der Waals surface area contributed by atoms with Crippen molar-refractivity contribution in [2.45, 2.75) is 36.9 Å². The fourth-order valence-corrected chi connectivity index (χ4v) is 4.49. The highest BCUT2D eigenvalue weighted by Gasteiger charge is 2.34. The van der Waals surface area contributed by atoms with Gasteiger partial charge in [-0.1, -0.05) is 11.6 Å². The Balaban J connectivity index is 1.75. The van der Waals surface area contributed by atoms with Crippen molar-refractivity contribution in [1.82, 2.24) is 19.7 Å². The number of halogens is 4. The first-order valence-corrected chi connectivity index (χ1v) is 11.2. The minimum Gasteiger partial charge on any atom is -0.308 e. The molecule has 0 bridgehead atoms. The van der Waals surface area contributed by atoms with Gasteiger partial charge in [0.05, 0.1) is 24.5 Å². The number of anilines is 1. The van der Waals surface area contributed by atoms with E-state index in [1.165, 1.54) is 9.58 Å². The molecule has 0 aromatic carbocycles. The molecule has 1 amide bonds. The number of nitrogens with zero attached hydrogens (tertiary/aromatic N) is 5. The second-order valence-corrected chi connectivity index (χ2v) is 8.56. The molecule has 3 aromatic heterocycles. The van der Waals surface area contributed by atoms with E-state index in [0.29, 0.717) is 17.1 Å². The summed E-state index contributed by atoms with van der Waals surface area (Å²) in [6.45, 7) is 1.98. The van der Waals surface area contributed by atoms with Gasteiger partial charge >= 0.3 is 6.18 Å². The fraction of sp³-hybridized carbons (Fsp3) is 0.333. The van der Waals surface area contributed by atoms with Gasteiger partial charge in [0.2, 0.25) is 5.91 Å². The molecule has 0 aliphatic heterocycles. The van der Waals surface area contributed by atoms with Gasteiger partial charge < -0.3 is 4.90 Å². The van der Waals surface area contributed by atoms with Crippen LogP contribution in [0.3, 0.4) is 0 Å². The van der Waals surface area contributed by atoms with E-state index >= 15 is 0 Å². The summed E-state index contributed by atoms with van der Waals surface area (Å²) in [5, 5.41) is 3.35. The lowest BCUT2D eigenvalue weighted by molar-refractivity contribution is -0.135. The second kappa shape index (κ2) is 10.8. The van der Waals surface area contributed by atoms with Gasteiger partial charge in [0.15, 0.2) is 5.15 Å². The molecule has 1 atom stereocenters. The zero-order chi connectivity index (χ0) is 23.1. The Morgan fingerprint density at radius 1 is 1.22 bits per heavy atom. The average molecular weight is 484 g/mol. The zero-order valence-corrected chi connectivity index (χ0v) is 18.7. The molecule has 0 saturated heterocycles. The van der Waals surface area contributed by atoms with Crippen LogP contribution < -0.4 is 4.90 Å². The molecule has 170 valence electrons. The maximum absolute atomic E-state index is 13.2. The number of carbonyl (C=O) groups excluding carboxylic acids is 1. The van der Waals surface area contributed by atoms with Crippen LogP contribution in [0, 0.1) is 0 Å². The van der Waals surface area contributed by atoms with Crippen LogP contribution in [0.25, 0.3) is 5.69 Å². The van der Waals surface area contributed by atoms with Gasteiger partial charge in [0.25, 0.3) is 0 Å². The number of pyridine rings is 2. The molecule has 32 heavy (non-hydrogen) atoms. The van der Waals surface area contributed by atoms with Gasteiger partial charge in [-0.3, -0.25) is 14.8 Å². The van der Waals surface area contributed by atoms with Gasteiger partial charge in [-0.25, -0.2) is 4.68 Å². The molecular formula is C21H21ClF3N5OS. The summed E-state index contributed by atoms with van der Waals surface area (Å²) in [7, 11) is 0. The van der Waals surface area contributed by atoms with Crippen molar-refractivity contribution in [3.63, 3.8) is 0 Å². The third kappa shape index (κ3) is 6.70. The topological polar surface area (TPSA) is 63.9 Å². The lowest BCUT2D eigenvalue weighted by Gasteiger charge is -2.24. The third-order valence-electron chi connectivity index (χ3n) is 4.57. The van der Waals surface area contributed by atoms with E-state index < -0.39 is 23.8 Å². The summed E-state index contributed by atoms with van der Waals surface area (Å²) in [6.07, 6.45) is 2.22. The van der Waals surface area contributed by atoms with Crippen LogP contribution in [-0.2, 0) is 10.5 Å². The van der Waals surface area contributed by atoms with E-state index in [0.717, 1.165) is 17.3 Å². The van der Waals surface area contributed by atoms with E-state index in [-0.39, 0.29) is 18.1 Å². The van der Waals surface area contributed by atoms with Crippen LogP contribution in [0.5, 0.6) is 0 Å². The van der Waals surface area contributed by atoms with Crippen molar-refractivity contribution in [1.29, 1.82) is 0 Å². The average Bonchev–Trinajstić information content (AvgIpc) is 3.14. The van der Waals surface area contributed by atoms with Gasteiger partial charge in [-0.2, -0.15) is 30.0 Å². The fourth-order valence-electron chi connectivity index (χ4n) is 3.07. The number of amides is 1. The SMILES string of the molecule is CCN(C(=O)CC(CC(F)(F)F)SCc1ccncc1)c1cn(-c2cccnc2)nc1Cl. The summed E-state index contributed by atoms with van der Waals surface area (Å²) < 4.78 is 40.9. The van der Waals surface area contributed by atoms with Crippen LogP contribution in [0.1, 0.15) is 25.3 Å². The Morgan fingerprint density at radius 3 is 2.59 bits per heavy atom. The van der Waals surface area contributed by atoms with Crippen LogP contribution in [0.2, 0.25) is 5.15 Å². The molecule has 3 aromatic rings. The number of thioether (sulfide) groups is 1. The summed E-state index contributed by atoms with van der Waals surface area (Å²) in [6, 6.07) is 6.98. The second-order valence-electron chi connectivity index (χ2n) is 6.91. The van der Waals surface area contributed by atoms with Crippen molar-refractivity contribution >= 4 is 35.0 Å². The van der Waals surface area contributed by atoms with Crippen LogP contribution in [0.15, 0.2) is 55.2 Å². The standard InChI is InChI=1S/C21H21ClF3N5OS/c1-2-29(18-13-30(28-20(18)22)16-4-3-7-27-12-16)19(31)10-17(11-21(23,24)25)32-14-15-5-8-26-9-6-15/h3-9,12-13,17H,2,10-11,14H2,1H3. The van der Waals surface area contributed by atoms with E-state index in [1.54, 1.807) is 62.2 Å². The summed E-state index contributed by atoms with van der Waals surface area (Å²) in [5.74, 6) is -0.0980. The van der Waals surface area contributed by atoms with Gasteiger partial charge in [0.1, 0.15) is 5.69 Å². The predicted octanol–water partition coefficient (Wildman–Crippen LogP) is 5.31. The van der Waals surface area contributed by atoms with E-state index in [1.807, 2.05) is 0 Å². The highest BCUT2D eigenvalue weighted by Crippen LogP contribution is 2.33. The highest BCUT2D eigenvalue weighted by molar-refractivity contribution is 7.99. The molecule has 11 heteroatoms. The molecule has 0 aliphatic rings. The minimum absolute atomic E-state index is 0.0841. The number of hydrogen-bond donors (Lipinski definition) is 0. The Kier molecular flexibility index (Phi) is 8.14. The molecule has 0 aliphatic carbocycles. The first-order chi connectivity index (χ1) is 15.3. The molecule has 0 spiro atoms. The van der Waals surface area contributed by atoms with Crippen LogP contribution in [0.4, 0.5) is 18.9 Å². The molecular weight excluding hydrogens is 463 g/mol. The molecule has 3 heterocycles. The van der Waals surface area contributed by atoms with Crippen molar-refractivity contribution in [3.05, 3.63) is 66.0 Å². The number of alkyl halides is 3. The smallest absolute Gasteiger partial charge is 0.308 e. The first-order valence-electron chi connectivity index (χ1n) is 9.80. The predicted molar refractivity (Wildman–Crippen MR) is 119 cm³/mol. The molecule has 0 N–H and O–H groups in total. The quantitative estimate of drug-likeness (QED) is 0.412. The Bertz CT molecular complexity index is 1020. The number of carbonyl (C=O) groups is 1. The van der Waals surface area contributed by atoms with Crippen LogP contribution >= 0.6 is 23.4 Å². The zero-order valence-electron chi connectivity index (χ0n) is 17.2. The van der Waals surface area contributed by atoms with Crippen LogP contribution in [-0.4, -0.2) is 43.6 Å². The summed E-state index contributed by atoms with van der Waals surface area (Å²) in [4.78, 5) is 22.3. The van der Waals surface area contributed by atoms with Gasteiger partial charge in [-0.05, 0) is 36.8 Å². The lowest BCUT2D eigenvalue weighted by atomic mass is 10.2. The summed E-state index contributed by atoms with van der Waals surface area (Å²) >= 11 is 7.36. The maximum atomic E-state index is 13.2. The van der Waals surface area contributed by atoms with Crippen molar-refractivity contribution < 1.29 is 18.0 Å². The third-order valence-corrected chi connectivity index (χ3v) is 6.14. The molecule has 6 nitrogen and oxygen atoms in total. The van der Waals surface area contributed by atoms with E-state index in [2.05, 4.69) is 15.1 Å². The Labute approximate surface area is 192 Å². The molecule has 0 fully saturated rings.